The van der Waals surface area contributed by atoms with Crippen molar-refractivity contribution in [2.24, 2.45) is 11.7 Å². The minimum atomic E-state index is -0.197. The molecular formula is C17H26N4O2. The number of hydroxylamine groups is 1. The van der Waals surface area contributed by atoms with E-state index in [-0.39, 0.29) is 24.0 Å². The van der Waals surface area contributed by atoms with E-state index in [1.807, 2.05) is 6.07 Å². The minimum Gasteiger partial charge on any atom is -0.369 e. The summed E-state index contributed by atoms with van der Waals surface area (Å²) < 4.78 is 0. The normalized spacial score (nSPS) is 26.4. The van der Waals surface area contributed by atoms with Crippen LogP contribution in [-0.2, 0) is 16.1 Å². The number of fused-ring (bicyclic) bond motifs is 1. The molecule has 23 heavy (non-hydrogen) atoms. The fraction of sp³-hybridized carbons (Fsp3) is 0.588. The van der Waals surface area contributed by atoms with Gasteiger partial charge in [-0.25, -0.2) is 0 Å². The van der Waals surface area contributed by atoms with Crippen LogP contribution in [0.2, 0.25) is 0 Å². The number of hydrogen-bond donors (Lipinski definition) is 3. The van der Waals surface area contributed by atoms with Gasteiger partial charge in [0.1, 0.15) is 0 Å². The maximum Gasteiger partial charge on any atom is 0.222 e. The molecule has 0 spiro atoms. The highest BCUT2D eigenvalue weighted by Gasteiger charge is 2.38. The van der Waals surface area contributed by atoms with Gasteiger partial charge >= 0.3 is 0 Å². The Kier molecular flexibility index (Phi) is 5.61. The summed E-state index contributed by atoms with van der Waals surface area (Å²) in [6.45, 7) is 3.11. The molecule has 3 unspecified atom stereocenters. The third-order valence-corrected chi connectivity index (χ3v) is 4.84. The molecule has 2 aliphatic rings. The van der Waals surface area contributed by atoms with Gasteiger partial charge in [-0.05, 0) is 24.8 Å². The van der Waals surface area contributed by atoms with Gasteiger partial charge in [0, 0.05) is 25.7 Å². The monoisotopic (exact) mass is 318 g/mol. The van der Waals surface area contributed by atoms with E-state index in [4.69, 9.17) is 10.6 Å². The molecule has 3 rings (SSSR count). The lowest BCUT2D eigenvalue weighted by Gasteiger charge is -2.47. The fourth-order valence-electron chi connectivity index (χ4n) is 3.64. The molecule has 0 bridgehead atoms. The van der Waals surface area contributed by atoms with E-state index in [1.54, 1.807) is 0 Å². The van der Waals surface area contributed by atoms with Crippen LogP contribution >= 0.6 is 0 Å². The molecule has 1 aromatic carbocycles. The average molecular weight is 318 g/mol. The summed E-state index contributed by atoms with van der Waals surface area (Å²) in [4.78, 5) is 19.7. The van der Waals surface area contributed by atoms with Gasteiger partial charge in [0.2, 0.25) is 5.91 Å². The number of nitrogens with two attached hydrogens (primary N) is 1. The van der Waals surface area contributed by atoms with Gasteiger partial charge < -0.3 is 11.1 Å². The first-order valence-corrected chi connectivity index (χ1v) is 8.42. The number of hydrogen-bond acceptors (Lipinski definition) is 5. The minimum absolute atomic E-state index is 0.124. The Morgan fingerprint density at radius 2 is 2.17 bits per heavy atom. The highest BCUT2D eigenvalue weighted by atomic mass is 16.7. The van der Waals surface area contributed by atoms with E-state index in [9.17, 15) is 4.79 Å². The Bertz CT molecular complexity index is 509. The van der Waals surface area contributed by atoms with Crippen molar-refractivity contribution in [2.75, 3.05) is 26.2 Å². The molecule has 0 aromatic heterocycles. The number of nitrogens with one attached hydrogen (secondary N) is 2. The number of carbonyl (C=O) groups is 1. The zero-order chi connectivity index (χ0) is 16.1. The number of aryl methyl sites for hydroxylation is 1. The average Bonchev–Trinajstić information content (AvgIpc) is 2.59. The summed E-state index contributed by atoms with van der Waals surface area (Å²) >= 11 is 0. The van der Waals surface area contributed by atoms with Gasteiger partial charge in [0.25, 0.3) is 0 Å². The van der Waals surface area contributed by atoms with Crippen molar-refractivity contribution in [1.29, 1.82) is 0 Å². The summed E-state index contributed by atoms with van der Waals surface area (Å²) in [5, 5.41) is 3.39. The van der Waals surface area contributed by atoms with E-state index in [1.165, 1.54) is 5.56 Å². The van der Waals surface area contributed by atoms with Crippen LogP contribution in [0.1, 0.15) is 18.4 Å². The summed E-state index contributed by atoms with van der Waals surface area (Å²) in [5.41, 5.74) is 10.1. The molecule has 2 heterocycles. The molecule has 6 heteroatoms. The topological polar surface area (TPSA) is 79.6 Å². The Balaban J connectivity index is 1.60. The number of primary amides is 1. The first kappa shape index (κ1) is 16.4. The third kappa shape index (κ3) is 4.09. The van der Waals surface area contributed by atoms with Gasteiger partial charge in [-0.15, -0.1) is 0 Å². The molecule has 0 saturated carbocycles. The molecule has 126 valence electrons. The van der Waals surface area contributed by atoms with Gasteiger partial charge in [-0.2, -0.15) is 5.48 Å². The number of nitrogens with zero attached hydrogens (tertiary/aromatic N) is 1. The van der Waals surface area contributed by atoms with Crippen LogP contribution in [0.15, 0.2) is 30.3 Å². The number of benzene rings is 1. The molecule has 2 aliphatic heterocycles. The van der Waals surface area contributed by atoms with Crippen LogP contribution in [0.25, 0.3) is 0 Å². The standard InChI is InChI=1S/C17H26N4O2/c18-17(22)14(8-4-7-13-5-2-1-3-6-13)15-11-19-12-16-20-23-10-9-21(15)16/h1-3,5-6,14-16,19-20H,4,7-12H2,(H2,18,22). The molecule has 3 atom stereocenters. The van der Waals surface area contributed by atoms with Gasteiger partial charge in [0.05, 0.1) is 18.7 Å². The molecule has 2 saturated heterocycles. The fourth-order valence-corrected chi connectivity index (χ4v) is 3.64. The van der Waals surface area contributed by atoms with E-state index >= 15 is 0 Å². The van der Waals surface area contributed by atoms with Crippen LogP contribution in [0.5, 0.6) is 0 Å². The van der Waals surface area contributed by atoms with Crippen LogP contribution in [0.4, 0.5) is 0 Å². The van der Waals surface area contributed by atoms with Crippen LogP contribution in [0, 0.1) is 5.92 Å². The number of rotatable bonds is 6. The summed E-state index contributed by atoms with van der Waals surface area (Å²) in [5.74, 6) is -0.328. The molecule has 4 N–H and O–H groups in total. The second-order valence-corrected chi connectivity index (χ2v) is 6.33. The highest BCUT2D eigenvalue weighted by Crippen LogP contribution is 2.23. The molecule has 0 radical (unpaired) electrons. The molecule has 6 nitrogen and oxygen atoms in total. The van der Waals surface area contributed by atoms with Gasteiger partial charge in [-0.3, -0.25) is 14.5 Å². The summed E-state index contributed by atoms with van der Waals surface area (Å²) in [7, 11) is 0. The number of carbonyl (C=O) groups excluding carboxylic acids is 1. The van der Waals surface area contributed by atoms with Crippen molar-refractivity contribution in [2.45, 2.75) is 31.5 Å². The Labute approximate surface area is 137 Å². The lowest BCUT2D eigenvalue weighted by Crippen LogP contribution is -2.68. The molecule has 1 amide bonds. The Morgan fingerprint density at radius 3 is 2.96 bits per heavy atom. The predicted molar refractivity (Wildman–Crippen MR) is 88.3 cm³/mol. The predicted octanol–water partition coefficient (Wildman–Crippen LogP) is 0.246. The maximum atomic E-state index is 12.0. The van der Waals surface area contributed by atoms with Crippen molar-refractivity contribution >= 4 is 5.91 Å². The molecule has 0 aliphatic carbocycles. The van der Waals surface area contributed by atoms with Crippen molar-refractivity contribution in [3.8, 4) is 0 Å². The van der Waals surface area contributed by atoms with Crippen LogP contribution < -0.4 is 16.5 Å². The van der Waals surface area contributed by atoms with Crippen LogP contribution in [0.3, 0.4) is 0 Å². The number of piperazine rings is 1. The lowest BCUT2D eigenvalue weighted by atomic mass is 9.89. The second kappa shape index (κ2) is 7.88. The van der Waals surface area contributed by atoms with E-state index < -0.39 is 0 Å². The van der Waals surface area contributed by atoms with Crippen molar-refractivity contribution in [3.63, 3.8) is 0 Å². The summed E-state index contributed by atoms with van der Waals surface area (Å²) in [6.07, 6.45) is 2.89. The second-order valence-electron chi connectivity index (χ2n) is 6.33. The first-order chi connectivity index (χ1) is 11.3. The zero-order valence-electron chi connectivity index (χ0n) is 13.4. The van der Waals surface area contributed by atoms with Gasteiger partial charge in [-0.1, -0.05) is 30.3 Å². The molecule has 2 fully saturated rings. The van der Waals surface area contributed by atoms with Crippen molar-refractivity contribution in [1.82, 2.24) is 15.7 Å². The smallest absolute Gasteiger partial charge is 0.222 e. The van der Waals surface area contributed by atoms with E-state index in [2.05, 4.69) is 40.0 Å². The quantitative estimate of drug-likeness (QED) is 0.700. The van der Waals surface area contributed by atoms with Gasteiger partial charge in [0.15, 0.2) is 0 Å². The van der Waals surface area contributed by atoms with E-state index in [0.717, 1.165) is 38.9 Å². The lowest BCUT2D eigenvalue weighted by molar-refractivity contribution is -0.138. The third-order valence-electron chi connectivity index (χ3n) is 4.84. The summed E-state index contributed by atoms with van der Waals surface area (Å²) in [6, 6.07) is 10.5. The highest BCUT2D eigenvalue weighted by molar-refractivity contribution is 5.77. The molecular weight excluding hydrogens is 292 g/mol. The van der Waals surface area contributed by atoms with Crippen molar-refractivity contribution in [3.05, 3.63) is 35.9 Å². The van der Waals surface area contributed by atoms with Crippen LogP contribution in [-0.4, -0.2) is 49.3 Å². The SMILES string of the molecule is NC(=O)C(CCCc1ccccc1)C1CNCC2NOCCN21. The molecule has 1 aromatic rings. The maximum absolute atomic E-state index is 12.0. The first-order valence-electron chi connectivity index (χ1n) is 8.42. The Hall–Kier alpha value is -1.47. The largest absolute Gasteiger partial charge is 0.369 e. The van der Waals surface area contributed by atoms with E-state index in [0.29, 0.717) is 6.61 Å². The van der Waals surface area contributed by atoms with Crippen molar-refractivity contribution < 1.29 is 9.63 Å². The zero-order valence-corrected chi connectivity index (χ0v) is 13.4. The number of amides is 1. The Morgan fingerprint density at radius 1 is 1.35 bits per heavy atom.